The summed E-state index contributed by atoms with van der Waals surface area (Å²) in [5.74, 6) is -1.84. The average Bonchev–Trinajstić information content (AvgIpc) is 3.13. The Hall–Kier alpha value is -3.87. The van der Waals surface area contributed by atoms with Gasteiger partial charge in [-0.15, -0.1) is 0 Å². The fourth-order valence-electron chi connectivity index (χ4n) is 4.02. The molecule has 4 rings (SSSR count). The van der Waals surface area contributed by atoms with Crippen molar-refractivity contribution >= 4 is 27.5 Å². The summed E-state index contributed by atoms with van der Waals surface area (Å²) >= 11 is 0. The molecule has 0 aliphatic carbocycles. The van der Waals surface area contributed by atoms with Gasteiger partial charge in [0, 0.05) is 6.04 Å². The molecule has 9 heteroatoms. The van der Waals surface area contributed by atoms with Gasteiger partial charge in [0.05, 0.1) is 28.6 Å². The predicted molar refractivity (Wildman–Crippen MR) is 122 cm³/mol. The third-order valence-corrected chi connectivity index (χ3v) is 7.73. The zero-order chi connectivity index (χ0) is 24.5. The molecule has 3 aromatic rings. The number of nitriles is 1. The lowest BCUT2D eigenvalue weighted by Gasteiger charge is -2.32. The lowest BCUT2D eigenvalue weighted by atomic mass is 10.1. The fourth-order valence-corrected chi connectivity index (χ4v) is 5.78. The highest BCUT2D eigenvalue weighted by Gasteiger charge is 2.48. The summed E-state index contributed by atoms with van der Waals surface area (Å²) in [6.07, 6.45) is -0.351. The van der Waals surface area contributed by atoms with E-state index in [2.05, 4.69) is 0 Å². The van der Waals surface area contributed by atoms with Crippen LogP contribution in [0.4, 0.5) is 10.1 Å². The molecule has 0 N–H and O–H groups in total. The predicted octanol–water partition coefficient (Wildman–Crippen LogP) is 3.78. The first-order valence-corrected chi connectivity index (χ1v) is 11.9. The first-order chi connectivity index (χ1) is 16.2. The number of carbonyl (C=O) groups excluding carboxylic acids is 2. The largest absolute Gasteiger partial charge is 0.274 e. The Morgan fingerprint density at radius 3 is 2.21 bits per heavy atom. The Kier molecular flexibility index (Phi) is 6.28. The van der Waals surface area contributed by atoms with Crippen molar-refractivity contribution in [2.24, 2.45) is 0 Å². The number of imide groups is 1. The highest BCUT2D eigenvalue weighted by Crippen LogP contribution is 2.35. The van der Waals surface area contributed by atoms with Crippen LogP contribution in [0.25, 0.3) is 0 Å². The van der Waals surface area contributed by atoms with Crippen LogP contribution >= 0.6 is 0 Å². The molecule has 0 radical (unpaired) electrons. The molecule has 1 saturated heterocycles. The minimum Gasteiger partial charge on any atom is -0.274 e. The molecule has 2 atom stereocenters. The average molecular weight is 478 g/mol. The van der Waals surface area contributed by atoms with Gasteiger partial charge in [-0.1, -0.05) is 30.3 Å². The normalized spacial score (nSPS) is 17.1. The third kappa shape index (κ3) is 4.21. The van der Waals surface area contributed by atoms with Crippen LogP contribution in [-0.2, 0) is 19.6 Å². The number of hydrogen-bond donors (Lipinski definition) is 0. The molecule has 0 aromatic heterocycles. The standard InChI is InChI=1S/C25H20FN3O4S/c1-17(19-5-3-2-4-6-19)29(34(32,33)22-13-9-20(26)10-14-22)23-15-24(30)28(25(23)31)21-11-7-18(16-27)8-12-21/h2-14,17,23H,15H2,1H3. The van der Waals surface area contributed by atoms with Gasteiger partial charge in [0.15, 0.2) is 0 Å². The Balaban J connectivity index is 1.78. The van der Waals surface area contributed by atoms with Crippen molar-refractivity contribution in [3.63, 3.8) is 0 Å². The summed E-state index contributed by atoms with van der Waals surface area (Å²) in [5.41, 5.74) is 1.24. The van der Waals surface area contributed by atoms with E-state index in [0.717, 1.165) is 33.5 Å². The van der Waals surface area contributed by atoms with E-state index in [1.54, 1.807) is 37.3 Å². The maximum Gasteiger partial charge on any atom is 0.252 e. The summed E-state index contributed by atoms with van der Waals surface area (Å²) in [7, 11) is -4.30. The second kappa shape index (κ2) is 9.17. The van der Waals surface area contributed by atoms with Gasteiger partial charge in [-0.2, -0.15) is 9.57 Å². The van der Waals surface area contributed by atoms with E-state index < -0.39 is 39.7 Å². The number of halogens is 1. The molecule has 0 spiro atoms. The van der Waals surface area contributed by atoms with Gasteiger partial charge in [-0.05, 0) is 61.0 Å². The summed E-state index contributed by atoms with van der Waals surface area (Å²) < 4.78 is 41.9. The van der Waals surface area contributed by atoms with Crippen molar-refractivity contribution in [3.8, 4) is 6.07 Å². The van der Waals surface area contributed by atoms with Crippen LogP contribution in [0, 0.1) is 17.1 Å². The van der Waals surface area contributed by atoms with E-state index in [1.807, 2.05) is 6.07 Å². The number of benzene rings is 3. The van der Waals surface area contributed by atoms with Gasteiger partial charge in [0.2, 0.25) is 15.9 Å². The van der Waals surface area contributed by atoms with E-state index in [9.17, 15) is 22.4 Å². The SMILES string of the molecule is CC(c1ccccc1)N(C1CC(=O)N(c2ccc(C#N)cc2)C1=O)S(=O)(=O)c1ccc(F)cc1. The Bertz CT molecular complexity index is 1370. The minimum absolute atomic E-state index is 0.186. The number of amides is 2. The van der Waals surface area contributed by atoms with Crippen LogP contribution in [0.3, 0.4) is 0 Å². The molecule has 34 heavy (non-hydrogen) atoms. The second-order valence-electron chi connectivity index (χ2n) is 7.82. The summed E-state index contributed by atoms with van der Waals surface area (Å²) in [6, 6.07) is 18.8. The van der Waals surface area contributed by atoms with Crippen molar-refractivity contribution < 1.29 is 22.4 Å². The maximum absolute atomic E-state index is 13.7. The molecule has 2 unspecified atom stereocenters. The molecule has 172 valence electrons. The zero-order valence-electron chi connectivity index (χ0n) is 18.1. The van der Waals surface area contributed by atoms with Crippen LogP contribution in [0.15, 0.2) is 83.8 Å². The van der Waals surface area contributed by atoms with Crippen molar-refractivity contribution in [2.75, 3.05) is 4.90 Å². The number of carbonyl (C=O) groups is 2. The van der Waals surface area contributed by atoms with Gasteiger partial charge in [0.1, 0.15) is 11.9 Å². The Labute approximate surface area is 196 Å². The lowest BCUT2D eigenvalue weighted by molar-refractivity contribution is -0.122. The van der Waals surface area contributed by atoms with E-state index in [0.29, 0.717) is 11.1 Å². The van der Waals surface area contributed by atoms with Crippen molar-refractivity contribution in [2.45, 2.75) is 30.3 Å². The van der Waals surface area contributed by atoms with Crippen molar-refractivity contribution in [3.05, 3.63) is 95.8 Å². The van der Waals surface area contributed by atoms with Crippen molar-refractivity contribution in [1.29, 1.82) is 5.26 Å². The molecule has 3 aromatic carbocycles. The van der Waals surface area contributed by atoms with E-state index in [1.165, 1.54) is 24.3 Å². The number of anilines is 1. The highest BCUT2D eigenvalue weighted by molar-refractivity contribution is 7.89. The molecule has 1 aliphatic rings. The Morgan fingerprint density at radius 1 is 1.00 bits per heavy atom. The van der Waals surface area contributed by atoms with Crippen LogP contribution in [0.1, 0.15) is 30.5 Å². The van der Waals surface area contributed by atoms with E-state index >= 15 is 0 Å². The molecule has 0 bridgehead atoms. The molecule has 2 amide bonds. The second-order valence-corrected chi connectivity index (χ2v) is 9.66. The first kappa shape index (κ1) is 23.3. The number of nitrogens with zero attached hydrogens (tertiary/aromatic N) is 3. The van der Waals surface area contributed by atoms with Gasteiger partial charge in [0.25, 0.3) is 5.91 Å². The molecular formula is C25H20FN3O4S. The van der Waals surface area contributed by atoms with Crippen LogP contribution in [0.2, 0.25) is 0 Å². The van der Waals surface area contributed by atoms with E-state index in [4.69, 9.17) is 5.26 Å². The summed E-state index contributed by atoms with van der Waals surface area (Å²) in [4.78, 5) is 27.1. The lowest BCUT2D eigenvalue weighted by Crippen LogP contribution is -2.46. The Morgan fingerprint density at radius 2 is 1.62 bits per heavy atom. The van der Waals surface area contributed by atoms with Gasteiger partial charge in [-0.3, -0.25) is 9.59 Å². The molecule has 0 saturated carbocycles. The quantitative estimate of drug-likeness (QED) is 0.503. The van der Waals surface area contributed by atoms with Gasteiger partial charge in [-0.25, -0.2) is 17.7 Å². The molecule has 1 fully saturated rings. The number of hydrogen-bond acceptors (Lipinski definition) is 5. The zero-order valence-corrected chi connectivity index (χ0v) is 18.9. The fraction of sp³-hybridized carbons (Fsp3) is 0.160. The third-order valence-electron chi connectivity index (χ3n) is 5.74. The topological polar surface area (TPSA) is 98.5 Å². The number of rotatable bonds is 6. The highest BCUT2D eigenvalue weighted by atomic mass is 32.2. The first-order valence-electron chi connectivity index (χ1n) is 10.4. The van der Waals surface area contributed by atoms with E-state index in [-0.39, 0.29) is 17.0 Å². The molecule has 1 heterocycles. The number of sulfonamides is 1. The molecule has 1 aliphatic heterocycles. The molecule has 7 nitrogen and oxygen atoms in total. The van der Waals surface area contributed by atoms with Crippen LogP contribution < -0.4 is 4.90 Å². The summed E-state index contributed by atoms with van der Waals surface area (Å²) in [6.45, 7) is 1.64. The van der Waals surface area contributed by atoms with Gasteiger partial charge >= 0.3 is 0 Å². The molecular weight excluding hydrogens is 457 g/mol. The minimum atomic E-state index is -4.30. The smallest absolute Gasteiger partial charge is 0.252 e. The maximum atomic E-state index is 13.7. The van der Waals surface area contributed by atoms with Gasteiger partial charge < -0.3 is 0 Å². The van der Waals surface area contributed by atoms with Crippen LogP contribution in [0.5, 0.6) is 0 Å². The van der Waals surface area contributed by atoms with Crippen LogP contribution in [-0.4, -0.2) is 30.6 Å². The monoisotopic (exact) mass is 477 g/mol. The summed E-state index contributed by atoms with van der Waals surface area (Å²) in [5, 5.41) is 9.00. The van der Waals surface area contributed by atoms with Crippen molar-refractivity contribution in [1.82, 2.24) is 4.31 Å².